The third-order valence-electron chi connectivity index (χ3n) is 4.18. The number of fused-ring (bicyclic) bond motifs is 1. The molecule has 1 aromatic heterocycles. The minimum absolute atomic E-state index is 0.135. The summed E-state index contributed by atoms with van der Waals surface area (Å²) in [5, 5.41) is 7.63. The Hall–Kier alpha value is -1.65. The Kier molecular flexibility index (Phi) is 2.50. The lowest BCUT2D eigenvalue weighted by Crippen LogP contribution is -2.36. The number of nitrogens with two attached hydrogens (primary N) is 1. The lowest BCUT2D eigenvalue weighted by atomic mass is 9.77. The highest BCUT2D eigenvalue weighted by atomic mass is 16.5. The van der Waals surface area contributed by atoms with Crippen molar-refractivity contribution < 1.29 is 9.53 Å². The average Bonchev–Trinajstić information content (AvgIpc) is 2.97. The number of aromatic nitrogens is 2. The van der Waals surface area contributed by atoms with Crippen LogP contribution in [-0.4, -0.2) is 22.8 Å². The van der Waals surface area contributed by atoms with Gasteiger partial charge in [-0.05, 0) is 49.7 Å². The highest BCUT2D eigenvalue weighted by Gasteiger charge is 2.59. The third-order valence-corrected chi connectivity index (χ3v) is 4.18. The monoisotopic (exact) mass is 247 g/mol. The maximum Gasteiger partial charge on any atom is 0.316 e. The van der Waals surface area contributed by atoms with Crippen LogP contribution < -0.4 is 5.73 Å². The molecule has 2 unspecified atom stereocenters. The zero-order chi connectivity index (χ0) is 12.8. The number of ether oxygens (including phenoxy) is 1. The van der Waals surface area contributed by atoms with E-state index in [1.165, 1.54) is 6.42 Å². The first-order chi connectivity index (χ1) is 8.65. The van der Waals surface area contributed by atoms with Crippen LogP contribution in [0.15, 0.2) is 12.3 Å². The van der Waals surface area contributed by atoms with E-state index in [2.05, 4.69) is 10.2 Å². The number of nitrogen functional groups attached to an aromatic ring is 1. The van der Waals surface area contributed by atoms with Crippen LogP contribution in [0.25, 0.3) is 0 Å². The van der Waals surface area contributed by atoms with Gasteiger partial charge in [-0.2, -0.15) is 5.10 Å². The molecule has 18 heavy (non-hydrogen) atoms. The number of anilines is 1. The van der Waals surface area contributed by atoms with Crippen molar-refractivity contribution in [2.45, 2.75) is 31.6 Å². The van der Waals surface area contributed by atoms with E-state index in [-0.39, 0.29) is 5.97 Å². The first-order valence-electron chi connectivity index (χ1n) is 6.41. The van der Waals surface area contributed by atoms with Crippen LogP contribution in [0.3, 0.4) is 0 Å². The molecule has 0 radical (unpaired) electrons. The van der Waals surface area contributed by atoms with Crippen molar-refractivity contribution in [1.82, 2.24) is 10.2 Å². The van der Waals surface area contributed by atoms with Gasteiger partial charge in [-0.1, -0.05) is 0 Å². The van der Waals surface area contributed by atoms with E-state index < -0.39 is 5.41 Å². The minimum Gasteiger partial charge on any atom is -0.465 e. The first kappa shape index (κ1) is 11.4. The molecule has 2 aliphatic rings. The van der Waals surface area contributed by atoms with Crippen molar-refractivity contribution in [1.29, 1.82) is 0 Å². The second-order valence-corrected chi connectivity index (χ2v) is 5.34. The van der Waals surface area contributed by atoms with Crippen LogP contribution in [0, 0.1) is 11.8 Å². The van der Waals surface area contributed by atoms with Crippen LogP contribution >= 0.6 is 0 Å². The summed E-state index contributed by atoms with van der Waals surface area (Å²) in [6, 6.07) is 1.76. The molecule has 1 aromatic rings. The zero-order valence-corrected chi connectivity index (χ0v) is 10.4. The van der Waals surface area contributed by atoms with Gasteiger partial charge in [0.2, 0.25) is 0 Å². The Morgan fingerprint density at radius 1 is 1.56 bits per heavy atom. The van der Waals surface area contributed by atoms with Gasteiger partial charge in [0, 0.05) is 0 Å². The van der Waals surface area contributed by atoms with Crippen molar-refractivity contribution in [3.05, 3.63) is 17.8 Å². The largest absolute Gasteiger partial charge is 0.465 e. The fourth-order valence-electron chi connectivity index (χ4n) is 3.22. The molecule has 2 saturated carbocycles. The molecule has 1 heterocycles. The van der Waals surface area contributed by atoms with E-state index in [9.17, 15) is 4.79 Å². The van der Waals surface area contributed by atoms with Crippen LogP contribution in [0.5, 0.6) is 0 Å². The standard InChI is InChI=1S/C13H17N3O2/c1-2-18-12(17)13(5-8-3-9(8)6-13)10-4-11(14)16-15-7-10/h4,7-9H,2-3,5-6H2,1H3,(H2,14,16). The van der Waals surface area contributed by atoms with Gasteiger partial charge in [0.1, 0.15) is 5.82 Å². The first-order valence-corrected chi connectivity index (χ1v) is 6.41. The Labute approximate surface area is 106 Å². The van der Waals surface area contributed by atoms with Gasteiger partial charge in [0.25, 0.3) is 0 Å². The molecular weight excluding hydrogens is 230 g/mol. The summed E-state index contributed by atoms with van der Waals surface area (Å²) in [7, 11) is 0. The highest BCUT2D eigenvalue weighted by Crippen LogP contribution is 2.60. The Morgan fingerprint density at radius 2 is 2.28 bits per heavy atom. The van der Waals surface area contributed by atoms with Crippen LogP contribution in [0.4, 0.5) is 5.82 Å². The lowest BCUT2D eigenvalue weighted by Gasteiger charge is -2.28. The van der Waals surface area contributed by atoms with E-state index in [1.807, 2.05) is 6.92 Å². The fraction of sp³-hybridized carbons (Fsp3) is 0.615. The van der Waals surface area contributed by atoms with Gasteiger partial charge in [0.15, 0.2) is 0 Å². The minimum atomic E-state index is -0.534. The Bertz CT molecular complexity index is 479. The van der Waals surface area contributed by atoms with E-state index in [0.717, 1.165) is 18.4 Å². The zero-order valence-electron chi connectivity index (χ0n) is 10.4. The molecule has 0 aliphatic heterocycles. The van der Waals surface area contributed by atoms with Gasteiger partial charge in [-0.15, -0.1) is 5.10 Å². The second kappa shape index (κ2) is 3.93. The van der Waals surface area contributed by atoms with Crippen LogP contribution in [0.1, 0.15) is 31.7 Å². The third kappa shape index (κ3) is 1.65. The Balaban J connectivity index is 1.97. The summed E-state index contributed by atoms with van der Waals surface area (Å²) in [5.41, 5.74) is 6.01. The normalized spacial score (nSPS) is 32.9. The SMILES string of the molecule is CCOC(=O)C1(c2cnnc(N)c2)CC2CC2C1. The van der Waals surface area contributed by atoms with Crippen molar-refractivity contribution in [2.24, 2.45) is 11.8 Å². The fourth-order valence-corrected chi connectivity index (χ4v) is 3.22. The number of hydrogen-bond acceptors (Lipinski definition) is 5. The summed E-state index contributed by atoms with van der Waals surface area (Å²) in [5.74, 6) is 1.56. The van der Waals surface area contributed by atoms with Gasteiger partial charge in [-0.25, -0.2) is 0 Å². The molecule has 5 nitrogen and oxygen atoms in total. The molecule has 0 amide bonds. The predicted octanol–water partition coefficient (Wildman–Crippen LogP) is 1.29. The van der Waals surface area contributed by atoms with Crippen molar-refractivity contribution in [3.8, 4) is 0 Å². The number of hydrogen-bond donors (Lipinski definition) is 1. The maximum absolute atomic E-state index is 12.3. The molecule has 2 fully saturated rings. The maximum atomic E-state index is 12.3. The molecule has 2 N–H and O–H groups in total. The van der Waals surface area contributed by atoms with Crippen molar-refractivity contribution in [3.63, 3.8) is 0 Å². The van der Waals surface area contributed by atoms with Crippen molar-refractivity contribution >= 4 is 11.8 Å². The predicted molar refractivity (Wildman–Crippen MR) is 65.6 cm³/mol. The number of rotatable bonds is 3. The molecular formula is C13H17N3O2. The number of carbonyl (C=O) groups is 1. The number of carbonyl (C=O) groups excluding carboxylic acids is 1. The Morgan fingerprint density at radius 3 is 2.89 bits per heavy atom. The topological polar surface area (TPSA) is 78.1 Å². The van der Waals surface area contributed by atoms with Gasteiger partial charge < -0.3 is 10.5 Å². The summed E-state index contributed by atoms with van der Waals surface area (Å²) in [6.07, 6.45) is 4.62. The molecule has 0 aromatic carbocycles. The summed E-state index contributed by atoms with van der Waals surface area (Å²) in [6.45, 7) is 2.24. The average molecular weight is 247 g/mol. The number of esters is 1. The molecule has 2 aliphatic carbocycles. The van der Waals surface area contributed by atoms with Gasteiger partial charge in [-0.3, -0.25) is 4.79 Å². The van der Waals surface area contributed by atoms with E-state index in [0.29, 0.717) is 24.3 Å². The van der Waals surface area contributed by atoms with E-state index in [4.69, 9.17) is 10.5 Å². The highest BCUT2D eigenvalue weighted by molar-refractivity contribution is 5.84. The lowest BCUT2D eigenvalue weighted by molar-refractivity contribution is -0.150. The number of nitrogens with zero attached hydrogens (tertiary/aromatic N) is 2. The smallest absolute Gasteiger partial charge is 0.316 e. The summed E-state index contributed by atoms with van der Waals surface area (Å²) >= 11 is 0. The quantitative estimate of drug-likeness (QED) is 0.814. The second-order valence-electron chi connectivity index (χ2n) is 5.34. The van der Waals surface area contributed by atoms with E-state index >= 15 is 0 Å². The van der Waals surface area contributed by atoms with Crippen LogP contribution in [-0.2, 0) is 14.9 Å². The molecule has 5 heteroatoms. The van der Waals surface area contributed by atoms with Gasteiger partial charge in [0.05, 0.1) is 18.2 Å². The molecule has 0 spiro atoms. The van der Waals surface area contributed by atoms with E-state index in [1.54, 1.807) is 12.3 Å². The summed E-state index contributed by atoms with van der Waals surface area (Å²) in [4.78, 5) is 12.3. The molecule has 0 saturated heterocycles. The molecule has 96 valence electrons. The molecule has 2 atom stereocenters. The molecule has 0 bridgehead atoms. The summed E-state index contributed by atoms with van der Waals surface area (Å²) < 4.78 is 5.26. The van der Waals surface area contributed by atoms with Crippen LogP contribution in [0.2, 0.25) is 0 Å². The molecule has 3 rings (SSSR count). The van der Waals surface area contributed by atoms with Gasteiger partial charge >= 0.3 is 5.97 Å². The van der Waals surface area contributed by atoms with Crippen molar-refractivity contribution in [2.75, 3.05) is 12.3 Å².